The van der Waals surface area contributed by atoms with E-state index in [-0.39, 0.29) is 11.7 Å². The number of hydrogen-bond acceptors (Lipinski definition) is 5. The molecule has 1 heterocycles. The Morgan fingerprint density at radius 1 is 1.08 bits per heavy atom. The Labute approximate surface area is 228 Å². The van der Waals surface area contributed by atoms with Crippen molar-refractivity contribution in [2.45, 2.75) is 13.5 Å². The summed E-state index contributed by atoms with van der Waals surface area (Å²) in [6.45, 7) is 4.28. The van der Waals surface area contributed by atoms with Crippen molar-refractivity contribution in [3.05, 3.63) is 95.8 Å². The Hall–Kier alpha value is -3.92. The smallest absolute Gasteiger partial charge is 0.488 e. The summed E-state index contributed by atoms with van der Waals surface area (Å²) in [6, 6.07) is 19.7. The molecule has 1 amide bonds. The highest BCUT2D eigenvalue weighted by Gasteiger charge is 2.19. The normalized spacial score (nSPS) is 11.3. The fourth-order valence-corrected chi connectivity index (χ4v) is 4.45. The van der Waals surface area contributed by atoms with Crippen LogP contribution in [0.15, 0.2) is 78.9 Å². The lowest BCUT2D eigenvalue weighted by Crippen LogP contribution is -2.29. The SMILES string of the molecule is Cc1c(-c2ccc(F)cc2)n(Cc2ccc(OCCNC/C=C/C(=O)N(C)C)cc2)c2ccc(B(O)O)cc12. The van der Waals surface area contributed by atoms with Gasteiger partial charge in [-0.05, 0) is 71.5 Å². The van der Waals surface area contributed by atoms with E-state index in [1.165, 1.54) is 17.0 Å². The molecule has 4 aromatic rings. The minimum Gasteiger partial charge on any atom is -0.492 e. The topological polar surface area (TPSA) is 87.0 Å². The van der Waals surface area contributed by atoms with Gasteiger partial charge in [-0.1, -0.05) is 30.3 Å². The molecule has 0 spiro atoms. The zero-order chi connectivity index (χ0) is 27.9. The number of aryl methyl sites for hydroxylation is 1. The number of benzene rings is 3. The maximum absolute atomic E-state index is 13.7. The summed E-state index contributed by atoms with van der Waals surface area (Å²) in [5, 5.41) is 23.5. The van der Waals surface area contributed by atoms with E-state index in [1.54, 1.807) is 50.5 Å². The number of ether oxygens (including phenoxy) is 1. The van der Waals surface area contributed by atoms with Gasteiger partial charge in [0, 0.05) is 50.7 Å². The minimum atomic E-state index is -1.56. The van der Waals surface area contributed by atoms with Crippen molar-refractivity contribution >= 4 is 29.4 Å². The van der Waals surface area contributed by atoms with Crippen LogP contribution in [0.25, 0.3) is 22.2 Å². The van der Waals surface area contributed by atoms with Crippen molar-refractivity contribution in [2.75, 3.05) is 33.8 Å². The highest BCUT2D eigenvalue weighted by Crippen LogP contribution is 2.34. The van der Waals surface area contributed by atoms with Crippen LogP contribution in [0, 0.1) is 12.7 Å². The molecule has 0 saturated heterocycles. The molecule has 3 N–H and O–H groups in total. The van der Waals surface area contributed by atoms with Crippen LogP contribution in [0.3, 0.4) is 0 Å². The van der Waals surface area contributed by atoms with Crippen molar-refractivity contribution < 1.29 is 24.0 Å². The molecule has 0 aliphatic rings. The number of carbonyl (C=O) groups excluding carboxylic acids is 1. The molecule has 202 valence electrons. The van der Waals surface area contributed by atoms with Crippen molar-refractivity contribution in [3.8, 4) is 17.0 Å². The summed E-state index contributed by atoms with van der Waals surface area (Å²) in [4.78, 5) is 13.0. The van der Waals surface area contributed by atoms with E-state index in [4.69, 9.17) is 4.74 Å². The van der Waals surface area contributed by atoms with Crippen LogP contribution in [-0.4, -0.2) is 66.3 Å². The number of fused-ring (bicyclic) bond motifs is 1. The van der Waals surface area contributed by atoms with Gasteiger partial charge in [0.25, 0.3) is 0 Å². The molecule has 0 radical (unpaired) electrons. The van der Waals surface area contributed by atoms with E-state index in [9.17, 15) is 19.2 Å². The molecular weight excluding hydrogens is 496 g/mol. The summed E-state index contributed by atoms with van der Waals surface area (Å²) in [6.07, 6.45) is 3.33. The number of halogens is 1. The molecule has 4 rings (SSSR count). The number of likely N-dealkylation sites (N-methyl/N-ethyl adjacent to an activating group) is 1. The number of carbonyl (C=O) groups is 1. The molecule has 7 nitrogen and oxygen atoms in total. The van der Waals surface area contributed by atoms with Gasteiger partial charge in [0.15, 0.2) is 0 Å². The Morgan fingerprint density at radius 2 is 1.79 bits per heavy atom. The second-order valence-corrected chi connectivity index (χ2v) is 9.55. The number of amides is 1. The fraction of sp³-hybridized carbons (Fsp3) is 0.233. The van der Waals surface area contributed by atoms with Gasteiger partial charge in [-0.2, -0.15) is 0 Å². The summed E-state index contributed by atoms with van der Waals surface area (Å²) < 4.78 is 21.7. The van der Waals surface area contributed by atoms with Crippen molar-refractivity contribution in [3.63, 3.8) is 0 Å². The van der Waals surface area contributed by atoms with Crippen LogP contribution in [0.5, 0.6) is 5.75 Å². The summed E-state index contributed by atoms with van der Waals surface area (Å²) in [5.41, 5.74) is 5.23. The zero-order valence-corrected chi connectivity index (χ0v) is 22.4. The Morgan fingerprint density at radius 3 is 2.46 bits per heavy atom. The fourth-order valence-electron chi connectivity index (χ4n) is 4.45. The van der Waals surface area contributed by atoms with Gasteiger partial charge in [-0.25, -0.2) is 4.39 Å². The second kappa shape index (κ2) is 12.8. The van der Waals surface area contributed by atoms with Crippen molar-refractivity contribution in [2.24, 2.45) is 0 Å². The average Bonchev–Trinajstić information content (AvgIpc) is 3.19. The van der Waals surface area contributed by atoms with Crippen molar-refractivity contribution in [1.29, 1.82) is 0 Å². The number of nitrogens with zero attached hydrogens (tertiary/aromatic N) is 2. The third kappa shape index (κ3) is 6.94. The van der Waals surface area contributed by atoms with E-state index in [0.29, 0.717) is 31.7 Å². The highest BCUT2D eigenvalue weighted by atomic mass is 19.1. The van der Waals surface area contributed by atoms with Crippen LogP contribution < -0.4 is 15.5 Å². The molecule has 0 bridgehead atoms. The second-order valence-electron chi connectivity index (χ2n) is 9.55. The Kier molecular flexibility index (Phi) is 9.19. The summed E-state index contributed by atoms with van der Waals surface area (Å²) >= 11 is 0. The molecule has 1 aromatic heterocycles. The minimum absolute atomic E-state index is 0.0466. The summed E-state index contributed by atoms with van der Waals surface area (Å²) in [5.74, 6) is 0.411. The maximum atomic E-state index is 13.7. The lowest BCUT2D eigenvalue weighted by atomic mass is 9.79. The highest BCUT2D eigenvalue weighted by molar-refractivity contribution is 6.58. The quantitative estimate of drug-likeness (QED) is 0.158. The number of hydrogen-bond donors (Lipinski definition) is 3. The molecular formula is C30H33BFN3O4. The molecule has 0 atom stereocenters. The third-order valence-electron chi connectivity index (χ3n) is 6.53. The molecule has 9 heteroatoms. The monoisotopic (exact) mass is 529 g/mol. The van der Waals surface area contributed by atoms with Crippen LogP contribution in [0.1, 0.15) is 11.1 Å². The molecule has 0 saturated carbocycles. The van der Waals surface area contributed by atoms with Gasteiger partial charge in [-0.3, -0.25) is 4.79 Å². The van der Waals surface area contributed by atoms with Crippen LogP contribution >= 0.6 is 0 Å². The number of nitrogens with one attached hydrogen (secondary N) is 1. The van der Waals surface area contributed by atoms with Gasteiger partial charge in [0.05, 0.1) is 5.69 Å². The zero-order valence-electron chi connectivity index (χ0n) is 22.4. The first-order valence-electron chi connectivity index (χ1n) is 12.8. The number of aromatic nitrogens is 1. The summed E-state index contributed by atoms with van der Waals surface area (Å²) in [7, 11) is 1.87. The first kappa shape index (κ1) is 28.1. The lowest BCUT2D eigenvalue weighted by molar-refractivity contribution is -0.123. The van der Waals surface area contributed by atoms with Gasteiger partial charge in [-0.15, -0.1) is 0 Å². The average molecular weight is 529 g/mol. The predicted molar refractivity (Wildman–Crippen MR) is 154 cm³/mol. The maximum Gasteiger partial charge on any atom is 0.488 e. The van der Waals surface area contributed by atoms with E-state index < -0.39 is 7.12 Å². The van der Waals surface area contributed by atoms with E-state index >= 15 is 0 Å². The molecule has 0 aliphatic carbocycles. The van der Waals surface area contributed by atoms with Gasteiger partial charge >= 0.3 is 7.12 Å². The molecule has 3 aromatic carbocycles. The van der Waals surface area contributed by atoms with E-state index in [0.717, 1.165) is 39.0 Å². The van der Waals surface area contributed by atoms with Crippen molar-refractivity contribution in [1.82, 2.24) is 14.8 Å². The van der Waals surface area contributed by atoms with Crippen LogP contribution in [0.4, 0.5) is 4.39 Å². The van der Waals surface area contributed by atoms with E-state index in [2.05, 4.69) is 9.88 Å². The molecule has 0 fully saturated rings. The van der Waals surface area contributed by atoms with Crippen LogP contribution in [-0.2, 0) is 11.3 Å². The largest absolute Gasteiger partial charge is 0.492 e. The lowest BCUT2D eigenvalue weighted by Gasteiger charge is -2.13. The van der Waals surface area contributed by atoms with E-state index in [1.807, 2.05) is 37.3 Å². The van der Waals surface area contributed by atoms with Crippen LogP contribution in [0.2, 0.25) is 0 Å². The molecule has 0 unspecified atom stereocenters. The van der Waals surface area contributed by atoms with Gasteiger partial charge in [0.2, 0.25) is 5.91 Å². The molecule has 39 heavy (non-hydrogen) atoms. The Bertz CT molecular complexity index is 1450. The molecule has 0 aliphatic heterocycles. The first-order valence-corrected chi connectivity index (χ1v) is 12.8. The van der Waals surface area contributed by atoms with Gasteiger partial charge in [0.1, 0.15) is 18.2 Å². The Balaban J connectivity index is 1.47. The number of rotatable bonds is 11. The first-order chi connectivity index (χ1) is 18.7. The third-order valence-corrected chi connectivity index (χ3v) is 6.53. The standard InChI is InChI=1S/C30H33BFN3O4/c1-21-27-19-24(31(37)38)10-15-28(27)35(30(21)23-8-11-25(32)12-9-23)20-22-6-13-26(14-7-22)39-18-17-33-16-4-5-29(36)34(2)3/h4-15,19,33,37-38H,16-18,20H2,1-3H3/b5-4+. The predicted octanol–water partition coefficient (Wildman–Crippen LogP) is 3.10. The van der Waals surface area contributed by atoms with Gasteiger partial charge < -0.3 is 29.6 Å².